The van der Waals surface area contributed by atoms with Crippen molar-refractivity contribution < 1.29 is 19.5 Å². The van der Waals surface area contributed by atoms with Gasteiger partial charge in [0, 0.05) is 18.7 Å². The average Bonchev–Trinajstić information content (AvgIpc) is 3.12. The number of amidine groups is 1. The number of carbonyl (C=O) groups is 3. The first-order chi connectivity index (χ1) is 12.7. The molecular weight excluding hydrogens is 348 g/mol. The maximum atomic E-state index is 12.8. The number of carboxylic acid groups (broad SMARTS) is 1. The van der Waals surface area contributed by atoms with Crippen LogP contribution in [0.4, 0.5) is 0 Å². The zero-order valence-corrected chi connectivity index (χ0v) is 15.5. The lowest BCUT2D eigenvalue weighted by molar-refractivity contribution is -0.153. The molecule has 144 valence electrons. The fourth-order valence-corrected chi connectivity index (χ4v) is 4.42. The number of carboxylic acids is 1. The van der Waals surface area contributed by atoms with E-state index in [1.807, 2.05) is 6.92 Å². The molecule has 8 heteroatoms. The molecule has 0 spiro atoms. The molecule has 5 N–H and O–H groups in total. The van der Waals surface area contributed by atoms with Crippen LogP contribution in [0.3, 0.4) is 0 Å². The number of hydrogen-bond donors (Lipinski definition) is 4. The van der Waals surface area contributed by atoms with Crippen LogP contribution in [0, 0.1) is 23.2 Å². The molecule has 0 radical (unpaired) electrons. The standard InChI is InChI=1S/C19H24N4O4/c1-4-9(2)19(18(26)27)13-12(16(24)23(3)17(13)25)14(22-19)10-5-7-11(8-6-10)15(20)21/h5-9,12-14,22H,4H2,1-3H3,(H3,20,21)(H,26,27). The number of aliphatic carboxylic acids is 1. The number of fused-ring (bicyclic) bond motifs is 1. The van der Waals surface area contributed by atoms with E-state index in [1.54, 1.807) is 31.2 Å². The topological polar surface area (TPSA) is 137 Å². The number of imide groups is 1. The molecule has 2 amide bonds. The molecule has 2 fully saturated rings. The Bertz CT molecular complexity index is 822. The molecule has 2 aliphatic rings. The largest absolute Gasteiger partial charge is 0.480 e. The van der Waals surface area contributed by atoms with Crippen LogP contribution in [0.25, 0.3) is 0 Å². The van der Waals surface area contributed by atoms with E-state index in [0.717, 1.165) is 4.90 Å². The van der Waals surface area contributed by atoms with Crippen molar-refractivity contribution in [2.24, 2.45) is 23.5 Å². The Morgan fingerprint density at radius 1 is 1.33 bits per heavy atom. The highest BCUT2D eigenvalue weighted by Gasteiger charge is 2.69. The van der Waals surface area contributed by atoms with E-state index < -0.39 is 35.3 Å². The van der Waals surface area contributed by atoms with E-state index in [-0.39, 0.29) is 17.7 Å². The Labute approximate surface area is 157 Å². The summed E-state index contributed by atoms with van der Waals surface area (Å²) in [7, 11) is 1.40. The first kappa shape index (κ1) is 19.0. The van der Waals surface area contributed by atoms with Crippen molar-refractivity contribution in [2.75, 3.05) is 7.05 Å². The molecule has 0 saturated carbocycles. The number of likely N-dealkylation sites (tertiary alicyclic amines) is 1. The van der Waals surface area contributed by atoms with Gasteiger partial charge in [0.25, 0.3) is 0 Å². The van der Waals surface area contributed by atoms with E-state index in [9.17, 15) is 19.5 Å². The van der Waals surface area contributed by atoms with Crippen molar-refractivity contribution in [1.82, 2.24) is 10.2 Å². The Kier molecular flexibility index (Phi) is 4.55. The number of amides is 2. The van der Waals surface area contributed by atoms with Gasteiger partial charge in [-0.15, -0.1) is 0 Å². The van der Waals surface area contributed by atoms with Gasteiger partial charge in [-0.1, -0.05) is 44.5 Å². The minimum absolute atomic E-state index is 0.0786. The van der Waals surface area contributed by atoms with E-state index in [0.29, 0.717) is 17.5 Å². The molecule has 2 heterocycles. The molecule has 0 aromatic heterocycles. The Balaban J connectivity index is 2.13. The third kappa shape index (κ3) is 2.55. The van der Waals surface area contributed by atoms with Gasteiger partial charge in [-0.2, -0.15) is 0 Å². The molecule has 0 bridgehead atoms. The van der Waals surface area contributed by atoms with Crippen molar-refractivity contribution in [2.45, 2.75) is 31.8 Å². The van der Waals surface area contributed by atoms with Gasteiger partial charge in [-0.25, -0.2) is 0 Å². The molecule has 8 nitrogen and oxygen atoms in total. The number of benzene rings is 1. The predicted molar refractivity (Wildman–Crippen MR) is 97.9 cm³/mol. The summed E-state index contributed by atoms with van der Waals surface area (Å²) in [6.07, 6.45) is 0.545. The second kappa shape index (κ2) is 6.45. The predicted octanol–water partition coefficient (Wildman–Crippen LogP) is 0.715. The summed E-state index contributed by atoms with van der Waals surface area (Å²) >= 11 is 0. The molecule has 1 aromatic rings. The molecule has 5 atom stereocenters. The highest BCUT2D eigenvalue weighted by Crippen LogP contribution is 2.51. The summed E-state index contributed by atoms with van der Waals surface area (Å²) in [5.74, 6) is -4.12. The molecule has 2 aliphatic heterocycles. The summed E-state index contributed by atoms with van der Waals surface area (Å²) in [4.78, 5) is 39.0. The molecule has 3 rings (SSSR count). The van der Waals surface area contributed by atoms with Crippen LogP contribution < -0.4 is 11.1 Å². The van der Waals surface area contributed by atoms with Crippen molar-refractivity contribution >= 4 is 23.6 Å². The quantitative estimate of drug-likeness (QED) is 0.341. The van der Waals surface area contributed by atoms with Gasteiger partial charge >= 0.3 is 5.97 Å². The van der Waals surface area contributed by atoms with Gasteiger partial charge in [0.1, 0.15) is 11.4 Å². The van der Waals surface area contributed by atoms with Gasteiger partial charge in [0.05, 0.1) is 11.8 Å². The van der Waals surface area contributed by atoms with Crippen LogP contribution in [0.2, 0.25) is 0 Å². The Hall–Kier alpha value is -2.74. The third-order valence-electron chi connectivity index (χ3n) is 6.14. The third-order valence-corrected chi connectivity index (χ3v) is 6.14. The van der Waals surface area contributed by atoms with E-state index >= 15 is 0 Å². The number of nitrogens with zero attached hydrogens (tertiary/aromatic N) is 1. The van der Waals surface area contributed by atoms with Crippen molar-refractivity contribution in [1.29, 1.82) is 5.41 Å². The lowest BCUT2D eigenvalue weighted by Gasteiger charge is -2.35. The molecule has 0 aliphatic carbocycles. The average molecular weight is 372 g/mol. The van der Waals surface area contributed by atoms with Gasteiger partial charge in [0.2, 0.25) is 11.8 Å². The second-order valence-corrected chi connectivity index (χ2v) is 7.38. The summed E-state index contributed by atoms with van der Waals surface area (Å²) in [5, 5.41) is 20.7. The van der Waals surface area contributed by atoms with Gasteiger partial charge in [0.15, 0.2) is 0 Å². The van der Waals surface area contributed by atoms with Crippen LogP contribution in [-0.2, 0) is 14.4 Å². The van der Waals surface area contributed by atoms with Gasteiger partial charge in [-0.3, -0.25) is 30.0 Å². The first-order valence-corrected chi connectivity index (χ1v) is 8.93. The summed E-state index contributed by atoms with van der Waals surface area (Å²) < 4.78 is 0. The molecule has 27 heavy (non-hydrogen) atoms. The molecule has 2 saturated heterocycles. The van der Waals surface area contributed by atoms with Crippen molar-refractivity contribution in [3.63, 3.8) is 0 Å². The lowest BCUT2D eigenvalue weighted by atomic mass is 9.72. The molecular formula is C19H24N4O4. The summed E-state index contributed by atoms with van der Waals surface area (Å²) in [6, 6.07) is 6.14. The maximum absolute atomic E-state index is 12.8. The number of nitrogens with two attached hydrogens (primary N) is 1. The van der Waals surface area contributed by atoms with Crippen molar-refractivity contribution in [3.8, 4) is 0 Å². The van der Waals surface area contributed by atoms with E-state index in [4.69, 9.17) is 11.1 Å². The zero-order chi connectivity index (χ0) is 20.1. The first-order valence-electron chi connectivity index (χ1n) is 8.93. The van der Waals surface area contributed by atoms with E-state index in [2.05, 4.69) is 5.32 Å². The lowest BCUT2D eigenvalue weighted by Crippen LogP contribution is -2.59. The number of hydrogen-bond acceptors (Lipinski definition) is 5. The monoisotopic (exact) mass is 372 g/mol. The fraction of sp³-hybridized carbons (Fsp3) is 0.474. The van der Waals surface area contributed by atoms with Crippen LogP contribution in [0.1, 0.15) is 37.4 Å². The highest BCUT2D eigenvalue weighted by molar-refractivity contribution is 6.09. The zero-order valence-electron chi connectivity index (χ0n) is 15.5. The normalized spacial score (nSPS) is 31.1. The minimum Gasteiger partial charge on any atom is -0.480 e. The number of carbonyl (C=O) groups excluding carboxylic acids is 2. The van der Waals surface area contributed by atoms with Crippen LogP contribution >= 0.6 is 0 Å². The number of nitrogens with one attached hydrogen (secondary N) is 2. The van der Waals surface area contributed by atoms with Crippen LogP contribution in [-0.4, -0.2) is 46.2 Å². The van der Waals surface area contributed by atoms with Gasteiger partial charge in [-0.05, 0) is 11.5 Å². The molecule has 1 aromatic carbocycles. The Morgan fingerprint density at radius 3 is 2.41 bits per heavy atom. The minimum atomic E-state index is -1.51. The number of rotatable bonds is 5. The number of nitrogen functional groups attached to an aromatic ring is 1. The Morgan fingerprint density at radius 2 is 1.93 bits per heavy atom. The summed E-state index contributed by atoms with van der Waals surface area (Å²) in [5.41, 5.74) is 5.20. The maximum Gasteiger partial charge on any atom is 0.325 e. The highest BCUT2D eigenvalue weighted by atomic mass is 16.4. The SMILES string of the molecule is CCC(C)C1(C(=O)O)NC(c2ccc(C(=N)N)cc2)C2C(=O)N(C)C(=O)C21. The van der Waals surface area contributed by atoms with E-state index in [1.165, 1.54) is 7.05 Å². The summed E-state index contributed by atoms with van der Waals surface area (Å²) in [6.45, 7) is 3.65. The van der Waals surface area contributed by atoms with Crippen LogP contribution in [0.5, 0.6) is 0 Å². The second-order valence-electron chi connectivity index (χ2n) is 7.38. The fourth-order valence-electron chi connectivity index (χ4n) is 4.42. The molecule has 5 unspecified atom stereocenters. The van der Waals surface area contributed by atoms with Crippen LogP contribution in [0.15, 0.2) is 24.3 Å². The van der Waals surface area contributed by atoms with Gasteiger partial charge < -0.3 is 10.8 Å². The van der Waals surface area contributed by atoms with Crippen molar-refractivity contribution in [3.05, 3.63) is 35.4 Å². The smallest absolute Gasteiger partial charge is 0.325 e.